The number of methoxy groups -OCH3 is 1. The molecule has 0 unspecified atom stereocenters. The number of aromatic nitrogens is 4. The zero-order chi connectivity index (χ0) is 28.4. The van der Waals surface area contributed by atoms with E-state index in [1.54, 1.807) is 36.4 Å². The summed E-state index contributed by atoms with van der Waals surface area (Å²) in [6, 6.07) is 23.9. The Morgan fingerprint density at radius 2 is 1.55 bits per heavy atom. The van der Waals surface area contributed by atoms with Crippen LogP contribution in [0.5, 0.6) is 0 Å². The van der Waals surface area contributed by atoms with Crippen LogP contribution in [-0.4, -0.2) is 31.8 Å². The molecule has 0 atom stereocenters. The van der Waals surface area contributed by atoms with Crippen molar-refractivity contribution in [2.24, 2.45) is 0 Å². The monoisotopic (exact) mass is 556 g/mol. The third-order valence-corrected chi connectivity index (χ3v) is 7.12. The van der Waals surface area contributed by atoms with Crippen LogP contribution in [-0.2, 0) is 16.1 Å². The summed E-state index contributed by atoms with van der Waals surface area (Å²) >= 11 is 6.16. The fourth-order valence-electron chi connectivity index (χ4n) is 4.74. The first kappa shape index (κ1) is 27.1. The molecule has 5 aromatic rings. The highest BCUT2D eigenvalue weighted by atomic mass is 35.5. The standard InChI is InChI=1S/C31H29ClN4O4/c1-20(2)21-11-13-22(14-12-21)28-33-29-27(30(38)35(28)25-17-15-23(32)16-18-25)34(19-7-10-26(37)40-3)31(39)36(29)24-8-5-4-6-9-24/h4-6,8-9,11-18,20H,7,10,19H2,1-3H3. The number of carbonyl (C=O) groups is 1. The van der Waals surface area contributed by atoms with Crippen molar-refractivity contribution in [1.82, 2.24) is 18.7 Å². The molecule has 8 nitrogen and oxygen atoms in total. The zero-order valence-electron chi connectivity index (χ0n) is 22.5. The number of hydrogen-bond donors (Lipinski definition) is 0. The first-order chi connectivity index (χ1) is 19.3. The second-order valence-corrected chi connectivity index (χ2v) is 10.2. The van der Waals surface area contributed by atoms with Gasteiger partial charge in [0.2, 0.25) is 0 Å². The highest BCUT2D eigenvalue weighted by Crippen LogP contribution is 2.26. The number of fused-ring (bicyclic) bond motifs is 1. The lowest BCUT2D eigenvalue weighted by atomic mass is 10.0. The number of para-hydroxylation sites is 1. The second kappa shape index (κ2) is 11.4. The summed E-state index contributed by atoms with van der Waals surface area (Å²) in [7, 11) is 1.32. The SMILES string of the molecule is COC(=O)CCCn1c(=O)n(-c2ccccc2)c2nc(-c3ccc(C(C)C)cc3)n(-c3ccc(Cl)cc3)c(=O)c21. The van der Waals surface area contributed by atoms with E-state index in [9.17, 15) is 14.4 Å². The zero-order valence-corrected chi connectivity index (χ0v) is 23.3. The predicted molar refractivity (Wildman–Crippen MR) is 157 cm³/mol. The van der Waals surface area contributed by atoms with E-state index in [4.69, 9.17) is 21.3 Å². The van der Waals surface area contributed by atoms with Gasteiger partial charge in [-0.3, -0.25) is 18.7 Å². The molecule has 0 spiro atoms. The molecule has 204 valence electrons. The number of benzene rings is 3. The van der Waals surface area contributed by atoms with Crippen LogP contribution in [0, 0.1) is 0 Å². The van der Waals surface area contributed by atoms with Crippen LogP contribution in [0.3, 0.4) is 0 Å². The lowest BCUT2D eigenvalue weighted by Crippen LogP contribution is -2.27. The molecule has 0 aliphatic heterocycles. The van der Waals surface area contributed by atoms with Crippen molar-refractivity contribution >= 4 is 28.7 Å². The lowest BCUT2D eigenvalue weighted by Gasteiger charge is -2.15. The van der Waals surface area contributed by atoms with E-state index in [1.807, 2.05) is 42.5 Å². The molecule has 0 saturated heterocycles. The molecule has 0 N–H and O–H groups in total. The number of ether oxygens (including phenoxy) is 1. The van der Waals surface area contributed by atoms with E-state index in [2.05, 4.69) is 13.8 Å². The largest absolute Gasteiger partial charge is 0.469 e. The molecular formula is C31H29ClN4O4. The van der Waals surface area contributed by atoms with Crippen LogP contribution in [0.1, 0.15) is 38.2 Å². The third-order valence-electron chi connectivity index (χ3n) is 6.87. The van der Waals surface area contributed by atoms with Crippen LogP contribution in [0.25, 0.3) is 33.9 Å². The second-order valence-electron chi connectivity index (χ2n) is 9.79. The molecule has 0 fully saturated rings. The summed E-state index contributed by atoms with van der Waals surface area (Å²) in [4.78, 5) is 45.0. The average molecular weight is 557 g/mol. The highest BCUT2D eigenvalue weighted by Gasteiger charge is 2.24. The molecular weight excluding hydrogens is 528 g/mol. The van der Waals surface area contributed by atoms with Gasteiger partial charge in [0.05, 0.1) is 18.5 Å². The van der Waals surface area contributed by atoms with Crippen molar-refractivity contribution in [3.05, 3.63) is 110 Å². The first-order valence-electron chi connectivity index (χ1n) is 13.1. The number of imidazole rings is 1. The van der Waals surface area contributed by atoms with Gasteiger partial charge in [0.25, 0.3) is 5.56 Å². The van der Waals surface area contributed by atoms with Crippen LogP contribution >= 0.6 is 11.6 Å². The maximum Gasteiger partial charge on any atom is 0.335 e. The average Bonchev–Trinajstić information content (AvgIpc) is 3.25. The van der Waals surface area contributed by atoms with Crippen molar-refractivity contribution in [1.29, 1.82) is 0 Å². The molecule has 5 rings (SSSR count). The summed E-state index contributed by atoms with van der Waals surface area (Å²) in [6.45, 7) is 4.37. The third kappa shape index (κ3) is 5.10. The van der Waals surface area contributed by atoms with Crippen LogP contribution in [0.2, 0.25) is 5.02 Å². The Bertz CT molecular complexity index is 1780. The molecule has 0 aliphatic rings. The van der Waals surface area contributed by atoms with Gasteiger partial charge in [0, 0.05) is 23.6 Å². The van der Waals surface area contributed by atoms with Gasteiger partial charge in [-0.05, 0) is 54.3 Å². The molecule has 9 heteroatoms. The number of carbonyl (C=O) groups excluding carboxylic acids is 1. The Morgan fingerprint density at radius 3 is 2.17 bits per heavy atom. The van der Waals surface area contributed by atoms with Gasteiger partial charge in [-0.15, -0.1) is 0 Å². The fourth-order valence-corrected chi connectivity index (χ4v) is 4.87. The van der Waals surface area contributed by atoms with E-state index in [0.717, 1.165) is 11.1 Å². The molecule has 0 amide bonds. The van der Waals surface area contributed by atoms with Gasteiger partial charge in [0.15, 0.2) is 11.2 Å². The topological polar surface area (TPSA) is 88.1 Å². The van der Waals surface area contributed by atoms with Crippen molar-refractivity contribution in [2.75, 3.05) is 7.11 Å². The minimum atomic E-state index is -0.411. The number of hydrogen-bond acceptors (Lipinski definition) is 5. The van der Waals surface area contributed by atoms with Gasteiger partial charge in [-0.1, -0.05) is 67.9 Å². The minimum Gasteiger partial charge on any atom is -0.469 e. The van der Waals surface area contributed by atoms with Crippen molar-refractivity contribution < 1.29 is 9.53 Å². The van der Waals surface area contributed by atoms with E-state index >= 15 is 0 Å². The molecule has 2 heterocycles. The summed E-state index contributed by atoms with van der Waals surface area (Å²) in [6.07, 6.45) is 0.430. The highest BCUT2D eigenvalue weighted by molar-refractivity contribution is 6.30. The maximum absolute atomic E-state index is 14.4. The van der Waals surface area contributed by atoms with Crippen molar-refractivity contribution in [2.45, 2.75) is 39.2 Å². The van der Waals surface area contributed by atoms with Crippen molar-refractivity contribution in [3.8, 4) is 22.8 Å². The van der Waals surface area contributed by atoms with Gasteiger partial charge >= 0.3 is 11.7 Å². The van der Waals surface area contributed by atoms with Gasteiger partial charge < -0.3 is 4.74 Å². The number of rotatable bonds is 8. The normalized spacial score (nSPS) is 11.3. The Hall–Kier alpha value is -4.43. The molecule has 3 aromatic carbocycles. The smallest absolute Gasteiger partial charge is 0.335 e. The fraction of sp³-hybridized carbons (Fsp3) is 0.226. The number of nitrogens with zero attached hydrogens (tertiary/aromatic N) is 4. The molecule has 40 heavy (non-hydrogen) atoms. The minimum absolute atomic E-state index is 0.111. The number of aryl methyl sites for hydroxylation is 1. The van der Waals surface area contributed by atoms with Gasteiger partial charge in [-0.2, -0.15) is 0 Å². The van der Waals surface area contributed by atoms with E-state index in [1.165, 1.54) is 20.8 Å². The Morgan fingerprint density at radius 1 is 0.900 bits per heavy atom. The summed E-state index contributed by atoms with van der Waals surface area (Å²) in [5.41, 5.74) is 2.61. The van der Waals surface area contributed by atoms with E-state index in [0.29, 0.717) is 34.6 Å². The van der Waals surface area contributed by atoms with E-state index < -0.39 is 11.2 Å². The quantitative estimate of drug-likeness (QED) is 0.228. The Balaban J connectivity index is 1.83. The summed E-state index contributed by atoms with van der Waals surface area (Å²) in [5, 5.41) is 0.531. The van der Waals surface area contributed by atoms with Gasteiger partial charge in [0.1, 0.15) is 5.82 Å². The van der Waals surface area contributed by atoms with Crippen molar-refractivity contribution in [3.63, 3.8) is 0 Å². The van der Waals surface area contributed by atoms with Crippen LogP contribution in [0.4, 0.5) is 0 Å². The van der Waals surface area contributed by atoms with Crippen LogP contribution in [0.15, 0.2) is 88.5 Å². The molecule has 0 radical (unpaired) electrons. The molecule has 0 bridgehead atoms. The number of esters is 1. The Labute approximate surface area is 236 Å². The van der Waals surface area contributed by atoms with Gasteiger partial charge in [-0.25, -0.2) is 14.3 Å². The molecule has 0 saturated carbocycles. The Kier molecular flexibility index (Phi) is 7.71. The molecule has 2 aromatic heterocycles. The first-order valence-corrected chi connectivity index (χ1v) is 13.4. The molecule has 0 aliphatic carbocycles. The summed E-state index contributed by atoms with van der Waals surface area (Å²) in [5.74, 6) is 0.348. The van der Waals surface area contributed by atoms with Crippen LogP contribution < -0.4 is 11.2 Å². The summed E-state index contributed by atoms with van der Waals surface area (Å²) < 4.78 is 9.12. The van der Waals surface area contributed by atoms with E-state index in [-0.39, 0.29) is 30.1 Å². The predicted octanol–water partition coefficient (Wildman–Crippen LogP) is 5.74. The maximum atomic E-state index is 14.4. The lowest BCUT2D eigenvalue weighted by molar-refractivity contribution is -0.140. The number of halogens is 1.